The van der Waals surface area contributed by atoms with Gasteiger partial charge >= 0.3 is 0 Å². The number of carbonyl (C=O) groups excluding carboxylic acids is 2. The molecule has 1 N–H and O–H groups in total. The van der Waals surface area contributed by atoms with Gasteiger partial charge in [0.2, 0.25) is 0 Å². The topological polar surface area (TPSA) is 46.2 Å². The van der Waals surface area contributed by atoms with Crippen LogP contribution >= 0.6 is 15.9 Å². The van der Waals surface area contributed by atoms with Crippen molar-refractivity contribution in [1.82, 2.24) is 0 Å². The van der Waals surface area contributed by atoms with Crippen LogP contribution in [0.2, 0.25) is 0 Å². The molecule has 0 bridgehead atoms. The molecular formula is C17H16BrNO2. The maximum atomic E-state index is 12.0. The second-order valence-corrected chi connectivity index (χ2v) is 5.66. The second kappa shape index (κ2) is 7.18. The van der Waals surface area contributed by atoms with Crippen LogP contribution in [0.5, 0.6) is 0 Å². The van der Waals surface area contributed by atoms with Crippen LogP contribution in [0.1, 0.15) is 34.1 Å². The summed E-state index contributed by atoms with van der Waals surface area (Å²) in [7, 11) is 0. The molecule has 2 aromatic rings. The molecule has 0 spiro atoms. The van der Waals surface area contributed by atoms with Crippen LogP contribution in [0.3, 0.4) is 0 Å². The molecule has 4 heteroatoms. The van der Waals surface area contributed by atoms with E-state index in [1.165, 1.54) is 0 Å². The fourth-order valence-electron chi connectivity index (χ4n) is 1.92. The minimum atomic E-state index is 0.0481. The van der Waals surface area contributed by atoms with Crippen molar-refractivity contribution in [1.29, 1.82) is 0 Å². The summed E-state index contributed by atoms with van der Waals surface area (Å²) >= 11 is 3.35. The monoisotopic (exact) mass is 345 g/mol. The average Bonchev–Trinajstić information content (AvgIpc) is 2.48. The van der Waals surface area contributed by atoms with Crippen molar-refractivity contribution < 1.29 is 9.59 Å². The third kappa shape index (κ3) is 4.53. The SMILES string of the molecule is CC(=O)c1ccc(NCCC(=O)c2ccc(Br)cc2)cc1. The van der Waals surface area contributed by atoms with Gasteiger partial charge in [0.25, 0.3) is 0 Å². The summed E-state index contributed by atoms with van der Waals surface area (Å²) in [5, 5.41) is 3.18. The highest BCUT2D eigenvalue weighted by Crippen LogP contribution is 2.13. The Balaban J connectivity index is 1.85. The van der Waals surface area contributed by atoms with Gasteiger partial charge in [-0.15, -0.1) is 0 Å². The third-order valence-corrected chi connectivity index (χ3v) is 3.67. The van der Waals surface area contributed by atoms with Gasteiger partial charge in [0.1, 0.15) is 0 Å². The lowest BCUT2D eigenvalue weighted by Gasteiger charge is -2.06. The lowest BCUT2D eigenvalue weighted by molar-refractivity contribution is 0.0984. The molecule has 0 unspecified atom stereocenters. The van der Waals surface area contributed by atoms with Crippen LogP contribution in [-0.2, 0) is 0 Å². The Morgan fingerprint density at radius 2 is 1.52 bits per heavy atom. The van der Waals surface area contributed by atoms with Crippen LogP contribution in [0.4, 0.5) is 5.69 Å². The van der Waals surface area contributed by atoms with Crippen LogP contribution in [0.15, 0.2) is 53.0 Å². The zero-order chi connectivity index (χ0) is 15.2. The van der Waals surface area contributed by atoms with Gasteiger partial charge in [0, 0.05) is 34.3 Å². The van der Waals surface area contributed by atoms with Gasteiger partial charge in [-0.1, -0.05) is 28.1 Å². The normalized spacial score (nSPS) is 10.2. The second-order valence-electron chi connectivity index (χ2n) is 4.74. The van der Waals surface area contributed by atoms with Crippen molar-refractivity contribution in [3.05, 3.63) is 64.1 Å². The number of nitrogens with one attached hydrogen (secondary N) is 1. The number of Topliss-reactive ketones (excluding diaryl/α,β-unsaturated/α-hetero) is 2. The fraction of sp³-hybridized carbons (Fsp3) is 0.176. The number of hydrogen-bond acceptors (Lipinski definition) is 3. The van der Waals surface area contributed by atoms with E-state index in [1.54, 1.807) is 19.1 Å². The molecule has 0 aliphatic carbocycles. The average molecular weight is 346 g/mol. The van der Waals surface area contributed by atoms with Crippen molar-refractivity contribution in [3.63, 3.8) is 0 Å². The molecule has 2 aromatic carbocycles. The minimum Gasteiger partial charge on any atom is -0.385 e. The molecule has 0 saturated heterocycles. The number of rotatable bonds is 6. The summed E-state index contributed by atoms with van der Waals surface area (Å²) in [6.45, 7) is 2.10. The lowest BCUT2D eigenvalue weighted by Crippen LogP contribution is -2.09. The quantitative estimate of drug-likeness (QED) is 0.792. The first-order chi connectivity index (χ1) is 10.1. The van der Waals surface area contributed by atoms with Gasteiger partial charge in [0.05, 0.1) is 0 Å². The first-order valence-electron chi connectivity index (χ1n) is 6.70. The largest absolute Gasteiger partial charge is 0.385 e. The number of halogens is 1. The smallest absolute Gasteiger partial charge is 0.164 e. The molecule has 2 rings (SSSR count). The van der Waals surface area contributed by atoms with Crippen molar-refractivity contribution >= 4 is 33.2 Å². The third-order valence-electron chi connectivity index (χ3n) is 3.14. The zero-order valence-corrected chi connectivity index (χ0v) is 13.3. The number of carbonyl (C=O) groups is 2. The maximum absolute atomic E-state index is 12.0. The highest BCUT2D eigenvalue weighted by atomic mass is 79.9. The molecule has 0 heterocycles. The lowest BCUT2D eigenvalue weighted by atomic mass is 10.1. The summed E-state index contributed by atoms with van der Waals surface area (Å²) < 4.78 is 0.961. The van der Waals surface area contributed by atoms with E-state index in [0.717, 1.165) is 10.2 Å². The molecule has 0 amide bonds. The van der Waals surface area contributed by atoms with Crippen molar-refractivity contribution in [2.45, 2.75) is 13.3 Å². The summed E-state index contributed by atoms with van der Waals surface area (Å²) in [5.74, 6) is 0.155. The molecule has 108 valence electrons. The Morgan fingerprint density at radius 1 is 0.952 bits per heavy atom. The number of ketones is 2. The Kier molecular flexibility index (Phi) is 5.28. The summed E-state index contributed by atoms with van der Waals surface area (Å²) in [4.78, 5) is 23.2. The van der Waals surface area contributed by atoms with Crippen LogP contribution in [-0.4, -0.2) is 18.1 Å². The van der Waals surface area contributed by atoms with E-state index in [4.69, 9.17) is 0 Å². The van der Waals surface area contributed by atoms with Gasteiger partial charge < -0.3 is 5.32 Å². The Labute approximate surface area is 132 Å². The first kappa shape index (κ1) is 15.4. The molecule has 0 aliphatic rings. The summed E-state index contributed by atoms with van der Waals surface area (Å²) in [6.07, 6.45) is 0.427. The van der Waals surface area contributed by atoms with Gasteiger partial charge in [-0.3, -0.25) is 9.59 Å². The van der Waals surface area contributed by atoms with Crippen molar-refractivity contribution in [2.75, 3.05) is 11.9 Å². The predicted molar refractivity (Wildman–Crippen MR) is 88.0 cm³/mol. The number of anilines is 1. The van der Waals surface area contributed by atoms with Crippen molar-refractivity contribution in [2.24, 2.45) is 0 Å². The standard InChI is InChI=1S/C17H16BrNO2/c1-12(20)13-4-8-16(9-5-13)19-11-10-17(21)14-2-6-15(18)7-3-14/h2-9,19H,10-11H2,1H3. The molecule has 0 aromatic heterocycles. The fourth-order valence-corrected chi connectivity index (χ4v) is 2.19. The summed E-state index contributed by atoms with van der Waals surface area (Å²) in [6, 6.07) is 14.6. The molecule has 0 fully saturated rings. The van der Waals surface area contributed by atoms with Gasteiger partial charge in [-0.2, -0.15) is 0 Å². The number of benzene rings is 2. The molecule has 3 nitrogen and oxygen atoms in total. The van der Waals surface area contributed by atoms with Gasteiger partial charge in [-0.25, -0.2) is 0 Å². The van der Waals surface area contributed by atoms with E-state index in [1.807, 2.05) is 36.4 Å². The van der Waals surface area contributed by atoms with Crippen LogP contribution in [0.25, 0.3) is 0 Å². The Morgan fingerprint density at radius 3 is 2.10 bits per heavy atom. The van der Waals surface area contributed by atoms with E-state index < -0.39 is 0 Å². The molecule has 0 atom stereocenters. The van der Waals surface area contributed by atoms with E-state index in [0.29, 0.717) is 24.1 Å². The van der Waals surface area contributed by atoms with Crippen molar-refractivity contribution in [3.8, 4) is 0 Å². The van der Waals surface area contributed by atoms with Gasteiger partial charge in [-0.05, 0) is 43.3 Å². The molecular weight excluding hydrogens is 330 g/mol. The zero-order valence-electron chi connectivity index (χ0n) is 11.7. The van der Waals surface area contributed by atoms with E-state index >= 15 is 0 Å². The van der Waals surface area contributed by atoms with Crippen LogP contribution < -0.4 is 5.32 Å². The van der Waals surface area contributed by atoms with Crippen LogP contribution in [0, 0.1) is 0 Å². The van der Waals surface area contributed by atoms with E-state index in [2.05, 4.69) is 21.2 Å². The molecule has 0 saturated carbocycles. The predicted octanol–water partition coefficient (Wildman–Crippen LogP) is 4.34. The maximum Gasteiger partial charge on any atom is 0.164 e. The number of hydrogen-bond donors (Lipinski definition) is 1. The van der Waals surface area contributed by atoms with E-state index in [-0.39, 0.29) is 11.6 Å². The molecule has 21 heavy (non-hydrogen) atoms. The molecule has 0 aliphatic heterocycles. The Hall–Kier alpha value is -1.94. The Bertz CT molecular complexity index is 633. The van der Waals surface area contributed by atoms with Gasteiger partial charge in [0.15, 0.2) is 11.6 Å². The minimum absolute atomic E-state index is 0.0481. The van der Waals surface area contributed by atoms with E-state index in [9.17, 15) is 9.59 Å². The molecule has 0 radical (unpaired) electrons. The highest BCUT2D eigenvalue weighted by Gasteiger charge is 2.05. The summed E-state index contributed by atoms with van der Waals surface area (Å²) in [5.41, 5.74) is 2.31. The highest BCUT2D eigenvalue weighted by molar-refractivity contribution is 9.10. The first-order valence-corrected chi connectivity index (χ1v) is 7.49.